The zero-order valence-electron chi connectivity index (χ0n) is 14.0. The Morgan fingerprint density at radius 3 is 2.56 bits per heavy atom. The van der Waals surface area contributed by atoms with E-state index in [-0.39, 0.29) is 18.9 Å². The quantitative estimate of drug-likeness (QED) is 0.846. The topological polar surface area (TPSA) is 59.6 Å². The summed E-state index contributed by atoms with van der Waals surface area (Å²) in [6, 6.07) is 14.4. The smallest absolute Gasteiger partial charge is 0.237 e. The highest BCUT2D eigenvalue weighted by molar-refractivity contribution is 5.82. The molecule has 2 aromatic carbocycles. The number of methoxy groups -OCH3 is 1. The predicted molar refractivity (Wildman–Crippen MR) is 92.7 cm³/mol. The van der Waals surface area contributed by atoms with Gasteiger partial charge in [0.25, 0.3) is 0 Å². The minimum atomic E-state index is -0.942. The summed E-state index contributed by atoms with van der Waals surface area (Å²) in [5.41, 5.74) is 0.940. The monoisotopic (exact) mass is 344 g/mol. The molecule has 0 aromatic heterocycles. The van der Waals surface area contributed by atoms with Crippen molar-refractivity contribution < 1.29 is 18.7 Å². The Labute approximate surface area is 146 Å². The van der Waals surface area contributed by atoms with Gasteiger partial charge in [-0.15, -0.1) is 0 Å². The van der Waals surface area contributed by atoms with Gasteiger partial charge in [-0.05, 0) is 29.8 Å². The number of benzene rings is 2. The molecule has 0 spiro atoms. The lowest BCUT2D eigenvalue weighted by Crippen LogP contribution is -2.39. The van der Waals surface area contributed by atoms with Crippen molar-refractivity contribution in [2.75, 3.05) is 13.7 Å². The second kappa shape index (κ2) is 7.98. The third-order valence-electron chi connectivity index (χ3n) is 4.08. The van der Waals surface area contributed by atoms with Crippen molar-refractivity contribution in [3.8, 4) is 17.2 Å². The lowest BCUT2D eigenvalue weighted by molar-refractivity contribution is -0.123. The Bertz CT molecular complexity index is 721. The van der Waals surface area contributed by atoms with Crippen molar-refractivity contribution in [2.24, 2.45) is 0 Å². The maximum absolute atomic E-state index is 13.1. The molecule has 132 valence electrons. The summed E-state index contributed by atoms with van der Waals surface area (Å²) in [6.45, 7) is 0.635. The fraction of sp³-hybridized carbons (Fsp3) is 0.316. The predicted octanol–water partition coefficient (Wildman–Crippen LogP) is 2.80. The van der Waals surface area contributed by atoms with E-state index in [1.807, 2.05) is 48.5 Å². The summed E-state index contributed by atoms with van der Waals surface area (Å²) in [5, 5.41) is 5.69. The number of carbonyl (C=O) groups is 1. The van der Waals surface area contributed by atoms with Gasteiger partial charge in [0.15, 0.2) is 11.5 Å². The number of para-hydroxylation sites is 2. The molecular weight excluding hydrogens is 323 g/mol. The number of hydrogen-bond donors (Lipinski definition) is 2. The van der Waals surface area contributed by atoms with Gasteiger partial charge in [-0.2, -0.15) is 0 Å². The molecule has 3 rings (SSSR count). The van der Waals surface area contributed by atoms with Crippen molar-refractivity contribution >= 4 is 5.91 Å². The first-order valence-electron chi connectivity index (χ1n) is 8.20. The molecule has 2 atom stereocenters. The molecule has 6 heteroatoms. The van der Waals surface area contributed by atoms with Crippen LogP contribution in [0.3, 0.4) is 0 Å². The summed E-state index contributed by atoms with van der Waals surface area (Å²) in [7, 11) is 1.60. The van der Waals surface area contributed by atoms with E-state index in [9.17, 15) is 9.18 Å². The van der Waals surface area contributed by atoms with E-state index in [4.69, 9.17) is 9.47 Å². The maximum atomic E-state index is 13.1. The van der Waals surface area contributed by atoms with Gasteiger partial charge in [0.05, 0.1) is 13.2 Å². The van der Waals surface area contributed by atoms with Crippen LogP contribution in [-0.2, 0) is 11.3 Å². The molecule has 1 heterocycles. The lowest BCUT2D eigenvalue weighted by Gasteiger charge is -2.12. The standard InChI is InChI=1S/C19H21FN2O3/c1-24-17-4-2-3-5-18(17)25-15-8-6-13(7-9-15)11-22-19(23)16-10-14(20)12-21-16/h2-9,14,16,21H,10-12H2,1H3,(H,22,23)/t14-,16+/m0/s1. The van der Waals surface area contributed by atoms with Crippen LogP contribution in [0, 0.1) is 0 Å². The Morgan fingerprint density at radius 2 is 1.92 bits per heavy atom. The third kappa shape index (κ3) is 4.48. The maximum Gasteiger partial charge on any atom is 0.237 e. The number of hydrogen-bond acceptors (Lipinski definition) is 4. The van der Waals surface area contributed by atoms with Gasteiger partial charge >= 0.3 is 0 Å². The number of ether oxygens (including phenoxy) is 2. The first-order chi connectivity index (χ1) is 12.2. The third-order valence-corrected chi connectivity index (χ3v) is 4.08. The summed E-state index contributed by atoms with van der Waals surface area (Å²) in [6.07, 6.45) is -0.709. The Kier molecular flexibility index (Phi) is 5.50. The first kappa shape index (κ1) is 17.2. The minimum Gasteiger partial charge on any atom is -0.493 e. The van der Waals surface area contributed by atoms with Crippen molar-refractivity contribution in [3.63, 3.8) is 0 Å². The van der Waals surface area contributed by atoms with E-state index in [0.717, 1.165) is 5.56 Å². The lowest BCUT2D eigenvalue weighted by atomic mass is 10.2. The van der Waals surface area contributed by atoms with Crippen LogP contribution in [0.1, 0.15) is 12.0 Å². The molecule has 0 radical (unpaired) electrons. The SMILES string of the molecule is COc1ccccc1Oc1ccc(CNC(=O)[C@H]2C[C@H](F)CN2)cc1. The van der Waals surface area contributed by atoms with Gasteiger partial charge in [-0.1, -0.05) is 24.3 Å². The van der Waals surface area contributed by atoms with Gasteiger partial charge in [0.2, 0.25) is 5.91 Å². The highest BCUT2D eigenvalue weighted by atomic mass is 19.1. The molecule has 1 amide bonds. The van der Waals surface area contributed by atoms with Crippen molar-refractivity contribution in [2.45, 2.75) is 25.2 Å². The van der Waals surface area contributed by atoms with Crippen LogP contribution in [0.15, 0.2) is 48.5 Å². The Balaban J connectivity index is 1.54. The molecule has 0 saturated carbocycles. The fourth-order valence-electron chi connectivity index (χ4n) is 2.71. The zero-order valence-corrected chi connectivity index (χ0v) is 14.0. The molecule has 5 nitrogen and oxygen atoms in total. The number of halogens is 1. The van der Waals surface area contributed by atoms with Crippen LogP contribution in [0.2, 0.25) is 0 Å². The largest absolute Gasteiger partial charge is 0.493 e. The number of nitrogens with one attached hydrogen (secondary N) is 2. The molecule has 1 aliphatic rings. The summed E-state index contributed by atoms with van der Waals surface area (Å²) >= 11 is 0. The van der Waals surface area contributed by atoms with Crippen molar-refractivity contribution in [1.29, 1.82) is 0 Å². The van der Waals surface area contributed by atoms with E-state index >= 15 is 0 Å². The molecular formula is C19H21FN2O3. The molecule has 2 N–H and O–H groups in total. The van der Waals surface area contributed by atoms with Gasteiger partial charge in [-0.3, -0.25) is 4.79 Å². The number of carbonyl (C=O) groups excluding carboxylic acids is 1. The van der Waals surface area contributed by atoms with Crippen LogP contribution in [0.4, 0.5) is 4.39 Å². The summed E-state index contributed by atoms with van der Waals surface area (Å²) in [4.78, 5) is 12.0. The van der Waals surface area contributed by atoms with Crippen molar-refractivity contribution in [3.05, 3.63) is 54.1 Å². The average molecular weight is 344 g/mol. The summed E-state index contributed by atoms with van der Waals surface area (Å²) < 4.78 is 24.2. The van der Waals surface area contributed by atoms with Crippen LogP contribution >= 0.6 is 0 Å². The molecule has 2 aromatic rings. The van der Waals surface area contributed by atoms with Gasteiger partial charge in [-0.25, -0.2) is 4.39 Å². The Hall–Kier alpha value is -2.60. The average Bonchev–Trinajstić information content (AvgIpc) is 3.08. The number of rotatable bonds is 6. The molecule has 1 aliphatic heterocycles. The van der Waals surface area contributed by atoms with Crippen molar-refractivity contribution in [1.82, 2.24) is 10.6 Å². The molecule has 1 fully saturated rings. The molecule has 0 aliphatic carbocycles. The highest BCUT2D eigenvalue weighted by Gasteiger charge is 2.28. The molecule has 25 heavy (non-hydrogen) atoms. The van der Waals surface area contributed by atoms with Crippen LogP contribution in [0.5, 0.6) is 17.2 Å². The fourth-order valence-corrected chi connectivity index (χ4v) is 2.71. The molecule has 0 unspecified atom stereocenters. The van der Waals surface area contributed by atoms with Gasteiger partial charge in [0, 0.05) is 19.5 Å². The zero-order chi connectivity index (χ0) is 17.6. The van der Waals surface area contributed by atoms with E-state index in [0.29, 0.717) is 23.8 Å². The molecule has 0 bridgehead atoms. The first-order valence-corrected chi connectivity index (χ1v) is 8.20. The highest BCUT2D eigenvalue weighted by Crippen LogP contribution is 2.30. The normalized spacial score (nSPS) is 19.4. The van der Waals surface area contributed by atoms with Gasteiger partial charge < -0.3 is 20.1 Å². The minimum absolute atomic E-state index is 0.172. The van der Waals surface area contributed by atoms with E-state index in [2.05, 4.69) is 10.6 Å². The number of amides is 1. The van der Waals surface area contributed by atoms with E-state index in [1.54, 1.807) is 7.11 Å². The van der Waals surface area contributed by atoms with Crippen LogP contribution in [-0.4, -0.2) is 31.8 Å². The Morgan fingerprint density at radius 1 is 1.20 bits per heavy atom. The second-order valence-electron chi connectivity index (χ2n) is 5.91. The summed E-state index contributed by atoms with van der Waals surface area (Å²) in [5.74, 6) is 1.81. The second-order valence-corrected chi connectivity index (χ2v) is 5.91. The van der Waals surface area contributed by atoms with E-state index in [1.165, 1.54) is 0 Å². The van der Waals surface area contributed by atoms with Gasteiger partial charge in [0.1, 0.15) is 11.9 Å². The van der Waals surface area contributed by atoms with Crippen LogP contribution in [0.25, 0.3) is 0 Å². The number of alkyl halides is 1. The van der Waals surface area contributed by atoms with Crippen LogP contribution < -0.4 is 20.1 Å². The molecule has 1 saturated heterocycles. The van der Waals surface area contributed by atoms with E-state index < -0.39 is 12.2 Å².